The molecule has 5 heteroatoms. The molecule has 1 aromatic carbocycles. The van der Waals surface area contributed by atoms with Crippen LogP contribution in [0.1, 0.15) is 33.6 Å². The number of halogens is 1. The molecule has 116 valence electrons. The van der Waals surface area contributed by atoms with Crippen LogP contribution in [0, 0.1) is 5.82 Å². The van der Waals surface area contributed by atoms with Gasteiger partial charge in [-0.2, -0.15) is 0 Å². The van der Waals surface area contributed by atoms with E-state index < -0.39 is 5.60 Å². The van der Waals surface area contributed by atoms with Gasteiger partial charge in [0, 0.05) is 23.2 Å². The summed E-state index contributed by atoms with van der Waals surface area (Å²) in [6.07, 6.45) is 1.77. The number of hydrogen-bond acceptors (Lipinski definition) is 3. The van der Waals surface area contributed by atoms with Gasteiger partial charge in [0.25, 0.3) is 0 Å². The van der Waals surface area contributed by atoms with Crippen LogP contribution in [0.2, 0.25) is 0 Å². The largest absolute Gasteiger partial charge is 0.444 e. The first-order valence-corrected chi connectivity index (χ1v) is 8.22. The standard InChI is InChI=1S/C16H22FNO2S/c1-16(2,3)20-15(19)18-10-4-5-13(18)11-21-14-8-6-12(17)7-9-14/h6-9,13H,4-5,10-11H2,1-3H3. The van der Waals surface area contributed by atoms with E-state index in [9.17, 15) is 9.18 Å². The molecule has 0 aromatic heterocycles. The predicted octanol–water partition coefficient (Wildman–Crippen LogP) is 4.32. The van der Waals surface area contributed by atoms with Crippen molar-refractivity contribution in [3.05, 3.63) is 30.1 Å². The molecule has 0 bridgehead atoms. The van der Waals surface area contributed by atoms with E-state index in [2.05, 4.69) is 0 Å². The second kappa shape index (κ2) is 6.69. The van der Waals surface area contributed by atoms with Crippen LogP contribution >= 0.6 is 11.8 Å². The third-order valence-electron chi connectivity index (χ3n) is 3.26. The van der Waals surface area contributed by atoms with Crippen LogP contribution in [-0.4, -0.2) is 34.9 Å². The third-order valence-corrected chi connectivity index (χ3v) is 4.42. The highest BCUT2D eigenvalue weighted by atomic mass is 32.2. The molecule has 21 heavy (non-hydrogen) atoms. The summed E-state index contributed by atoms with van der Waals surface area (Å²) in [6, 6.07) is 6.65. The zero-order valence-electron chi connectivity index (χ0n) is 12.8. The van der Waals surface area contributed by atoms with Crippen molar-refractivity contribution in [2.24, 2.45) is 0 Å². The van der Waals surface area contributed by atoms with Crippen LogP contribution < -0.4 is 0 Å². The van der Waals surface area contributed by atoms with Crippen molar-refractivity contribution >= 4 is 17.9 Å². The predicted molar refractivity (Wildman–Crippen MR) is 83.1 cm³/mol. The van der Waals surface area contributed by atoms with Gasteiger partial charge in [0.1, 0.15) is 11.4 Å². The number of carbonyl (C=O) groups is 1. The zero-order chi connectivity index (χ0) is 15.5. The van der Waals surface area contributed by atoms with Gasteiger partial charge < -0.3 is 9.64 Å². The van der Waals surface area contributed by atoms with Gasteiger partial charge in [0.2, 0.25) is 0 Å². The maximum atomic E-state index is 12.9. The normalized spacial score (nSPS) is 18.9. The van der Waals surface area contributed by atoms with Crippen LogP contribution in [0.3, 0.4) is 0 Å². The first-order chi connectivity index (χ1) is 9.85. The van der Waals surface area contributed by atoms with Crippen molar-refractivity contribution in [3.8, 4) is 0 Å². The van der Waals surface area contributed by atoms with Gasteiger partial charge in [-0.15, -0.1) is 11.8 Å². The minimum atomic E-state index is -0.464. The van der Waals surface area contributed by atoms with Crippen LogP contribution in [0.25, 0.3) is 0 Å². The molecular weight excluding hydrogens is 289 g/mol. The van der Waals surface area contributed by atoms with Crippen molar-refractivity contribution in [2.75, 3.05) is 12.3 Å². The van der Waals surface area contributed by atoms with Gasteiger partial charge in [-0.1, -0.05) is 0 Å². The molecule has 1 aliphatic heterocycles. The Morgan fingerprint density at radius 1 is 1.38 bits per heavy atom. The van der Waals surface area contributed by atoms with Crippen LogP contribution in [0.5, 0.6) is 0 Å². The quantitative estimate of drug-likeness (QED) is 0.779. The number of thioether (sulfide) groups is 1. The Kier molecular flexibility index (Phi) is 5.14. The van der Waals surface area contributed by atoms with Crippen LogP contribution in [0.4, 0.5) is 9.18 Å². The molecule has 0 radical (unpaired) electrons. The second-order valence-electron chi connectivity index (χ2n) is 6.23. The fraction of sp³-hybridized carbons (Fsp3) is 0.562. The number of benzene rings is 1. The number of rotatable bonds is 3. The number of hydrogen-bond donors (Lipinski definition) is 0. The molecule has 1 amide bonds. The van der Waals surface area contributed by atoms with E-state index in [1.165, 1.54) is 12.1 Å². The molecule has 0 saturated carbocycles. The minimum absolute atomic E-state index is 0.190. The summed E-state index contributed by atoms with van der Waals surface area (Å²) in [7, 11) is 0. The Bertz CT molecular complexity index is 484. The molecular formula is C16H22FNO2S. The van der Waals surface area contributed by atoms with Crippen molar-refractivity contribution in [3.63, 3.8) is 0 Å². The fourth-order valence-electron chi connectivity index (χ4n) is 2.29. The van der Waals surface area contributed by atoms with Crippen LogP contribution in [0.15, 0.2) is 29.2 Å². The van der Waals surface area contributed by atoms with E-state index in [1.807, 2.05) is 25.7 Å². The number of nitrogens with zero attached hydrogens (tertiary/aromatic N) is 1. The van der Waals surface area contributed by atoms with Crippen molar-refractivity contribution in [1.29, 1.82) is 0 Å². The smallest absolute Gasteiger partial charge is 0.410 e. The molecule has 2 rings (SSSR count). The average molecular weight is 311 g/mol. The van der Waals surface area contributed by atoms with Crippen molar-refractivity contribution in [2.45, 2.75) is 50.2 Å². The lowest BCUT2D eigenvalue weighted by molar-refractivity contribution is 0.0242. The number of likely N-dealkylation sites (tertiary alicyclic amines) is 1. The first-order valence-electron chi connectivity index (χ1n) is 7.23. The SMILES string of the molecule is CC(C)(C)OC(=O)N1CCCC1CSc1ccc(F)cc1. The summed E-state index contributed by atoms with van der Waals surface area (Å²) in [5.41, 5.74) is -0.464. The highest BCUT2D eigenvalue weighted by Gasteiger charge is 2.31. The maximum Gasteiger partial charge on any atom is 0.410 e. The summed E-state index contributed by atoms with van der Waals surface area (Å²) in [5, 5.41) is 0. The molecule has 1 fully saturated rings. The third kappa shape index (κ3) is 4.92. The average Bonchev–Trinajstić information content (AvgIpc) is 2.84. The lowest BCUT2D eigenvalue weighted by Gasteiger charge is -2.28. The monoisotopic (exact) mass is 311 g/mol. The number of amides is 1. The first kappa shape index (κ1) is 16.1. The van der Waals surface area contributed by atoms with Gasteiger partial charge in [0.15, 0.2) is 0 Å². The summed E-state index contributed by atoms with van der Waals surface area (Å²) in [6.45, 7) is 6.39. The summed E-state index contributed by atoms with van der Waals surface area (Å²) in [5.74, 6) is 0.584. The molecule has 1 atom stereocenters. The summed E-state index contributed by atoms with van der Waals surface area (Å²) < 4.78 is 18.3. The summed E-state index contributed by atoms with van der Waals surface area (Å²) in [4.78, 5) is 15.0. The zero-order valence-corrected chi connectivity index (χ0v) is 13.6. The van der Waals surface area contributed by atoms with Gasteiger partial charge in [0.05, 0.1) is 0 Å². The topological polar surface area (TPSA) is 29.5 Å². The van der Waals surface area contributed by atoms with Crippen LogP contribution in [-0.2, 0) is 4.74 Å². The molecule has 1 heterocycles. The van der Waals surface area contributed by atoms with E-state index in [0.29, 0.717) is 0 Å². The highest BCUT2D eigenvalue weighted by Crippen LogP contribution is 2.27. The Balaban J connectivity index is 1.90. The fourth-order valence-corrected chi connectivity index (χ4v) is 3.35. The van der Waals surface area contributed by atoms with E-state index in [4.69, 9.17) is 4.74 Å². The number of carbonyl (C=O) groups excluding carboxylic acids is 1. The van der Waals surface area contributed by atoms with E-state index in [0.717, 1.165) is 30.0 Å². The molecule has 0 N–H and O–H groups in total. The van der Waals surface area contributed by atoms with Gasteiger partial charge >= 0.3 is 6.09 Å². The van der Waals surface area contributed by atoms with E-state index in [-0.39, 0.29) is 18.0 Å². The molecule has 1 unspecified atom stereocenters. The molecule has 3 nitrogen and oxygen atoms in total. The highest BCUT2D eigenvalue weighted by molar-refractivity contribution is 7.99. The lowest BCUT2D eigenvalue weighted by atomic mass is 10.2. The van der Waals surface area contributed by atoms with Gasteiger partial charge in [-0.05, 0) is 57.9 Å². The Morgan fingerprint density at radius 2 is 2.05 bits per heavy atom. The Hall–Kier alpha value is -1.23. The Labute approximate surface area is 129 Å². The van der Waals surface area contributed by atoms with Crippen molar-refractivity contribution < 1.29 is 13.9 Å². The molecule has 0 aliphatic carbocycles. The molecule has 1 aliphatic rings. The Morgan fingerprint density at radius 3 is 2.67 bits per heavy atom. The van der Waals surface area contributed by atoms with E-state index >= 15 is 0 Å². The van der Waals surface area contributed by atoms with Crippen molar-refractivity contribution in [1.82, 2.24) is 4.90 Å². The van der Waals surface area contributed by atoms with Gasteiger partial charge in [-0.3, -0.25) is 0 Å². The lowest BCUT2D eigenvalue weighted by Crippen LogP contribution is -2.40. The van der Waals surface area contributed by atoms with Gasteiger partial charge in [-0.25, -0.2) is 9.18 Å². The van der Waals surface area contributed by atoms with E-state index in [1.54, 1.807) is 23.9 Å². The minimum Gasteiger partial charge on any atom is -0.444 e. The molecule has 1 aromatic rings. The maximum absolute atomic E-state index is 12.9. The number of ether oxygens (including phenoxy) is 1. The second-order valence-corrected chi connectivity index (χ2v) is 7.33. The molecule has 1 saturated heterocycles. The molecule has 0 spiro atoms. The summed E-state index contributed by atoms with van der Waals surface area (Å²) >= 11 is 1.65.